The normalized spacial score (nSPS) is 24.1. The van der Waals surface area contributed by atoms with Crippen molar-refractivity contribution in [2.45, 2.75) is 39.2 Å². The van der Waals surface area contributed by atoms with E-state index in [0.29, 0.717) is 5.56 Å². The summed E-state index contributed by atoms with van der Waals surface area (Å²) in [6.45, 7) is 4.30. The van der Waals surface area contributed by atoms with Crippen molar-refractivity contribution >= 4 is 17.2 Å². The van der Waals surface area contributed by atoms with Crippen LogP contribution in [-0.2, 0) is 6.54 Å². The zero-order valence-electron chi connectivity index (χ0n) is 10.9. The molecule has 1 heterocycles. The van der Waals surface area contributed by atoms with Crippen molar-refractivity contribution in [1.82, 2.24) is 5.32 Å². The second-order valence-corrected chi connectivity index (χ2v) is 6.31. The number of nitrogens with two attached hydrogens (primary N) is 1. The standard InChI is InChI=1S/C14H22N2OS/c1-10-4-2-3-5-11(10)7-16-8-13-6-12(9-18-13)14(15)17/h6,9-11,16H,2-5,7-8H2,1H3,(H2,15,17). The summed E-state index contributed by atoms with van der Waals surface area (Å²) in [5.74, 6) is 1.32. The molecule has 3 N–H and O–H groups in total. The fourth-order valence-corrected chi connectivity index (χ4v) is 3.52. The quantitative estimate of drug-likeness (QED) is 0.861. The summed E-state index contributed by atoms with van der Waals surface area (Å²) < 4.78 is 0. The largest absolute Gasteiger partial charge is 0.366 e. The van der Waals surface area contributed by atoms with Gasteiger partial charge < -0.3 is 11.1 Å². The summed E-state index contributed by atoms with van der Waals surface area (Å²) in [6, 6.07) is 1.89. The molecule has 3 nitrogen and oxygen atoms in total. The van der Waals surface area contributed by atoms with Crippen LogP contribution in [0.3, 0.4) is 0 Å². The SMILES string of the molecule is CC1CCCCC1CNCc1cc(C(N)=O)cs1. The smallest absolute Gasteiger partial charge is 0.249 e. The average Bonchev–Trinajstić information content (AvgIpc) is 2.80. The van der Waals surface area contributed by atoms with Gasteiger partial charge >= 0.3 is 0 Å². The van der Waals surface area contributed by atoms with E-state index in [2.05, 4.69) is 12.2 Å². The molecule has 1 aliphatic carbocycles. The Morgan fingerprint density at radius 2 is 2.28 bits per heavy atom. The van der Waals surface area contributed by atoms with Crippen molar-refractivity contribution in [3.63, 3.8) is 0 Å². The Morgan fingerprint density at radius 3 is 2.94 bits per heavy atom. The topological polar surface area (TPSA) is 55.1 Å². The van der Waals surface area contributed by atoms with Crippen molar-refractivity contribution in [1.29, 1.82) is 0 Å². The van der Waals surface area contributed by atoms with Gasteiger partial charge in [0.15, 0.2) is 0 Å². The van der Waals surface area contributed by atoms with E-state index in [1.807, 2.05) is 11.4 Å². The maximum Gasteiger partial charge on any atom is 0.249 e. The Hall–Kier alpha value is -0.870. The molecular weight excluding hydrogens is 244 g/mol. The van der Waals surface area contributed by atoms with Gasteiger partial charge in [0.1, 0.15) is 0 Å². The van der Waals surface area contributed by atoms with Crippen LogP contribution in [0, 0.1) is 11.8 Å². The van der Waals surface area contributed by atoms with E-state index in [0.717, 1.165) is 24.9 Å². The number of primary amides is 1. The van der Waals surface area contributed by atoms with Gasteiger partial charge in [-0.2, -0.15) is 0 Å². The highest BCUT2D eigenvalue weighted by Gasteiger charge is 2.20. The second-order valence-electron chi connectivity index (χ2n) is 5.32. The molecule has 0 spiro atoms. The van der Waals surface area contributed by atoms with Crippen LogP contribution < -0.4 is 11.1 Å². The molecule has 18 heavy (non-hydrogen) atoms. The molecule has 0 saturated heterocycles. The molecule has 0 radical (unpaired) electrons. The monoisotopic (exact) mass is 266 g/mol. The van der Waals surface area contributed by atoms with Crippen LogP contribution in [0.2, 0.25) is 0 Å². The predicted molar refractivity (Wildman–Crippen MR) is 75.7 cm³/mol. The molecule has 2 atom stereocenters. The summed E-state index contributed by atoms with van der Waals surface area (Å²) >= 11 is 1.60. The Kier molecular flexibility index (Phi) is 4.78. The minimum absolute atomic E-state index is 0.335. The number of rotatable bonds is 5. The number of hydrogen-bond acceptors (Lipinski definition) is 3. The van der Waals surface area contributed by atoms with Gasteiger partial charge in [-0.15, -0.1) is 11.3 Å². The first-order valence-corrected chi connectivity index (χ1v) is 7.62. The van der Waals surface area contributed by atoms with Gasteiger partial charge in [0.05, 0.1) is 5.56 Å². The summed E-state index contributed by atoms with van der Waals surface area (Å²) in [7, 11) is 0. The molecule has 1 aromatic heterocycles. The van der Waals surface area contributed by atoms with Crippen LogP contribution >= 0.6 is 11.3 Å². The molecule has 100 valence electrons. The fraction of sp³-hybridized carbons (Fsp3) is 0.643. The van der Waals surface area contributed by atoms with Gasteiger partial charge in [0, 0.05) is 16.8 Å². The molecule has 1 aliphatic rings. The Bertz CT molecular complexity index is 402. The summed E-state index contributed by atoms with van der Waals surface area (Å²) in [4.78, 5) is 12.2. The van der Waals surface area contributed by atoms with Crippen LogP contribution in [-0.4, -0.2) is 12.5 Å². The Balaban J connectivity index is 1.75. The van der Waals surface area contributed by atoms with Crippen molar-refractivity contribution in [2.75, 3.05) is 6.54 Å². The number of nitrogens with one attached hydrogen (secondary N) is 1. The van der Waals surface area contributed by atoms with Crippen molar-refractivity contribution in [3.8, 4) is 0 Å². The molecule has 0 aromatic carbocycles. The van der Waals surface area contributed by atoms with E-state index in [9.17, 15) is 4.79 Å². The van der Waals surface area contributed by atoms with Gasteiger partial charge in [-0.25, -0.2) is 0 Å². The third kappa shape index (κ3) is 3.56. The van der Waals surface area contributed by atoms with Crippen LogP contribution in [0.4, 0.5) is 0 Å². The molecule has 1 saturated carbocycles. The lowest BCUT2D eigenvalue weighted by Gasteiger charge is -2.28. The fourth-order valence-electron chi connectivity index (χ4n) is 2.68. The molecule has 1 aromatic rings. The highest BCUT2D eigenvalue weighted by atomic mass is 32.1. The lowest BCUT2D eigenvalue weighted by molar-refractivity contribution is 0.100. The molecular formula is C14H22N2OS. The third-order valence-corrected chi connectivity index (χ3v) is 4.87. The van der Waals surface area contributed by atoms with Crippen molar-refractivity contribution in [2.24, 2.45) is 17.6 Å². The minimum atomic E-state index is -0.335. The molecule has 2 unspecified atom stereocenters. The molecule has 2 rings (SSSR count). The molecule has 1 fully saturated rings. The van der Waals surface area contributed by atoms with E-state index >= 15 is 0 Å². The van der Waals surface area contributed by atoms with Gasteiger partial charge in [0.2, 0.25) is 5.91 Å². The zero-order chi connectivity index (χ0) is 13.0. The average molecular weight is 266 g/mol. The molecule has 1 amide bonds. The van der Waals surface area contributed by atoms with Crippen LogP contribution in [0.15, 0.2) is 11.4 Å². The second kappa shape index (κ2) is 6.34. The first-order valence-electron chi connectivity index (χ1n) is 6.74. The van der Waals surface area contributed by atoms with E-state index in [4.69, 9.17) is 5.73 Å². The molecule has 4 heteroatoms. The summed E-state index contributed by atoms with van der Waals surface area (Å²) in [5.41, 5.74) is 5.87. The van der Waals surface area contributed by atoms with Crippen LogP contribution in [0.25, 0.3) is 0 Å². The lowest BCUT2D eigenvalue weighted by atomic mass is 9.80. The zero-order valence-corrected chi connectivity index (χ0v) is 11.8. The number of carbonyl (C=O) groups is 1. The van der Waals surface area contributed by atoms with Gasteiger partial charge in [-0.05, 0) is 30.9 Å². The summed E-state index contributed by atoms with van der Waals surface area (Å²) in [5, 5.41) is 5.35. The highest BCUT2D eigenvalue weighted by Crippen LogP contribution is 2.29. The number of thiophene rings is 1. The third-order valence-electron chi connectivity index (χ3n) is 3.93. The van der Waals surface area contributed by atoms with Gasteiger partial charge in [-0.3, -0.25) is 4.79 Å². The first-order chi connectivity index (χ1) is 8.66. The Labute approximate surface area is 113 Å². The van der Waals surface area contributed by atoms with Crippen molar-refractivity contribution < 1.29 is 4.79 Å². The minimum Gasteiger partial charge on any atom is -0.366 e. The maximum atomic E-state index is 11.0. The number of hydrogen-bond donors (Lipinski definition) is 2. The van der Waals surface area contributed by atoms with E-state index in [1.54, 1.807) is 11.3 Å². The predicted octanol–water partition coefficient (Wildman–Crippen LogP) is 2.76. The van der Waals surface area contributed by atoms with Gasteiger partial charge in [0.25, 0.3) is 0 Å². The Morgan fingerprint density at radius 1 is 1.50 bits per heavy atom. The molecule has 0 bridgehead atoms. The first kappa shape index (κ1) is 13.6. The molecule has 0 aliphatic heterocycles. The van der Waals surface area contributed by atoms with E-state index in [-0.39, 0.29) is 5.91 Å². The van der Waals surface area contributed by atoms with Crippen LogP contribution in [0.1, 0.15) is 47.8 Å². The van der Waals surface area contributed by atoms with Gasteiger partial charge in [-0.1, -0.05) is 26.2 Å². The van der Waals surface area contributed by atoms with E-state index in [1.165, 1.54) is 30.6 Å². The number of carbonyl (C=O) groups excluding carboxylic acids is 1. The summed E-state index contributed by atoms with van der Waals surface area (Å²) in [6.07, 6.45) is 5.49. The highest BCUT2D eigenvalue weighted by molar-refractivity contribution is 7.10. The van der Waals surface area contributed by atoms with Crippen molar-refractivity contribution in [3.05, 3.63) is 21.9 Å². The maximum absolute atomic E-state index is 11.0. The number of amides is 1. The van der Waals surface area contributed by atoms with Crippen LogP contribution in [0.5, 0.6) is 0 Å². The lowest BCUT2D eigenvalue weighted by Crippen LogP contribution is -2.28. The van der Waals surface area contributed by atoms with E-state index < -0.39 is 0 Å².